The van der Waals surface area contributed by atoms with Crippen molar-refractivity contribution in [3.8, 4) is 11.1 Å². The van der Waals surface area contributed by atoms with Gasteiger partial charge in [0.15, 0.2) is 0 Å². The molecule has 0 amide bonds. The minimum atomic E-state index is 1.10. The summed E-state index contributed by atoms with van der Waals surface area (Å²) in [6, 6.07) is 6.95. The lowest BCUT2D eigenvalue weighted by atomic mass is 9.90. The zero-order valence-electron chi connectivity index (χ0n) is 11.9. The normalized spacial score (nSPS) is 12.5. The van der Waals surface area contributed by atoms with Gasteiger partial charge in [-0.25, -0.2) is 0 Å². The average Bonchev–Trinajstić information content (AvgIpc) is 2.70. The van der Waals surface area contributed by atoms with Crippen LogP contribution < -0.4 is 0 Å². The first-order valence-electron chi connectivity index (χ1n) is 6.70. The molecular weight excluding hydrogens is 216 g/mol. The van der Waals surface area contributed by atoms with Gasteiger partial charge in [-0.2, -0.15) is 0 Å². The first kappa shape index (κ1) is 11.5. The summed E-state index contributed by atoms with van der Waals surface area (Å²) in [7, 11) is 0. The van der Waals surface area contributed by atoms with Crippen LogP contribution in [0.3, 0.4) is 0 Å². The predicted octanol–water partition coefficient (Wildman–Crippen LogP) is 4.80. The van der Waals surface area contributed by atoms with Gasteiger partial charge in [-0.3, -0.25) is 0 Å². The molecule has 0 aliphatic heterocycles. The Morgan fingerprint density at radius 1 is 0.667 bits per heavy atom. The third-order valence-electron chi connectivity index (χ3n) is 4.69. The molecule has 0 spiro atoms. The first-order valence-corrected chi connectivity index (χ1v) is 6.70. The van der Waals surface area contributed by atoms with E-state index in [1.165, 1.54) is 50.1 Å². The molecule has 92 valence electrons. The Morgan fingerprint density at radius 2 is 1.33 bits per heavy atom. The van der Waals surface area contributed by atoms with Crippen LogP contribution in [0.5, 0.6) is 0 Å². The second-order valence-electron chi connectivity index (χ2n) is 5.70. The van der Waals surface area contributed by atoms with Gasteiger partial charge in [-0.15, -0.1) is 0 Å². The number of hydrogen-bond donors (Lipinski definition) is 0. The monoisotopic (exact) mass is 236 g/mol. The van der Waals surface area contributed by atoms with Gasteiger partial charge >= 0.3 is 0 Å². The summed E-state index contributed by atoms with van der Waals surface area (Å²) in [5, 5.41) is 0. The maximum Gasteiger partial charge on any atom is -0.00131 e. The Bertz CT molecular complexity index is 660. The largest absolute Gasteiger partial charge is 0.0587 e. The molecule has 18 heavy (non-hydrogen) atoms. The van der Waals surface area contributed by atoms with E-state index in [2.05, 4.69) is 52.8 Å². The van der Waals surface area contributed by atoms with E-state index in [1.807, 2.05) is 0 Å². The average molecular weight is 236 g/mol. The smallest absolute Gasteiger partial charge is 0.00131 e. The molecule has 0 fully saturated rings. The zero-order valence-corrected chi connectivity index (χ0v) is 11.9. The lowest BCUT2D eigenvalue weighted by molar-refractivity contribution is 1.20. The SMILES string of the molecule is Cc1cc2c(c(C)c1C)-c1c(ccc(C)c1C)C2. The van der Waals surface area contributed by atoms with E-state index in [-0.39, 0.29) is 0 Å². The van der Waals surface area contributed by atoms with Crippen molar-refractivity contribution in [3.63, 3.8) is 0 Å². The van der Waals surface area contributed by atoms with Gasteiger partial charge in [-0.05, 0) is 91.1 Å². The highest BCUT2D eigenvalue weighted by atomic mass is 14.3. The number of benzene rings is 2. The molecule has 0 nitrogen and oxygen atoms in total. The van der Waals surface area contributed by atoms with Crippen LogP contribution in [0.25, 0.3) is 11.1 Å². The van der Waals surface area contributed by atoms with E-state index in [4.69, 9.17) is 0 Å². The summed E-state index contributed by atoms with van der Waals surface area (Å²) in [5.41, 5.74) is 13.2. The van der Waals surface area contributed by atoms with Crippen molar-refractivity contribution in [2.45, 2.75) is 41.0 Å². The second-order valence-corrected chi connectivity index (χ2v) is 5.70. The number of hydrogen-bond acceptors (Lipinski definition) is 0. The molecule has 2 aromatic rings. The molecule has 0 saturated carbocycles. The van der Waals surface area contributed by atoms with Crippen molar-refractivity contribution in [2.75, 3.05) is 0 Å². The van der Waals surface area contributed by atoms with E-state index in [9.17, 15) is 0 Å². The number of rotatable bonds is 0. The molecule has 0 saturated heterocycles. The van der Waals surface area contributed by atoms with Crippen LogP contribution in [0, 0.1) is 34.6 Å². The highest BCUT2D eigenvalue weighted by molar-refractivity contribution is 5.83. The molecule has 0 bridgehead atoms. The fourth-order valence-corrected chi connectivity index (χ4v) is 3.23. The zero-order chi connectivity index (χ0) is 13.0. The summed E-state index contributed by atoms with van der Waals surface area (Å²) in [5.74, 6) is 0. The van der Waals surface area contributed by atoms with Crippen LogP contribution in [0.1, 0.15) is 38.9 Å². The first-order chi connectivity index (χ1) is 8.50. The highest BCUT2D eigenvalue weighted by Gasteiger charge is 2.24. The van der Waals surface area contributed by atoms with Crippen LogP contribution in [0.2, 0.25) is 0 Å². The second kappa shape index (κ2) is 3.71. The van der Waals surface area contributed by atoms with Gasteiger partial charge in [-0.1, -0.05) is 18.2 Å². The molecule has 0 aromatic heterocycles. The standard InChI is InChI=1S/C18H20/c1-10-6-7-15-9-16-8-11(2)12(3)14(5)18(16)17(15)13(10)4/h6-8H,9H2,1-5H3. The molecule has 3 rings (SSSR count). The minimum absolute atomic E-state index is 1.10. The van der Waals surface area contributed by atoms with Crippen LogP contribution in [-0.2, 0) is 6.42 Å². The fourth-order valence-electron chi connectivity index (χ4n) is 3.23. The lowest BCUT2D eigenvalue weighted by Crippen LogP contribution is -1.94. The van der Waals surface area contributed by atoms with E-state index < -0.39 is 0 Å². The fraction of sp³-hybridized carbons (Fsp3) is 0.333. The van der Waals surface area contributed by atoms with Crippen LogP contribution in [0.15, 0.2) is 18.2 Å². The quantitative estimate of drug-likeness (QED) is 0.526. The molecule has 1 aliphatic rings. The van der Waals surface area contributed by atoms with Crippen molar-refractivity contribution in [3.05, 3.63) is 57.1 Å². The van der Waals surface area contributed by atoms with Gasteiger partial charge in [0.05, 0.1) is 0 Å². The molecule has 2 aromatic carbocycles. The predicted molar refractivity (Wildman–Crippen MR) is 78.4 cm³/mol. The van der Waals surface area contributed by atoms with Gasteiger partial charge in [0.1, 0.15) is 0 Å². The van der Waals surface area contributed by atoms with Crippen molar-refractivity contribution in [1.82, 2.24) is 0 Å². The van der Waals surface area contributed by atoms with Crippen LogP contribution in [0.4, 0.5) is 0 Å². The van der Waals surface area contributed by atoms with E-state index >= 15 is 0 Å². The van der Waals surface area contributed by atoms with E-state index in [0.29, 0.717) is 0 Å². The summed E-state index contributed by atoms with van der Waals surface area (Å²) in [6.07, 6.45) is 1.10. The molecule has 1 aliphatic carbocycles. The Labute approximate surface area is 110 Å². The molecule has 0 N–H and O–H groups in total. The van der Waals surface area contributed by atoms with E-state index in [0.717, 1.165) is 6.42 Å². The summed E-state index contributed by atoms with van der Waals surface area (Å²) in [4.78, 5) is 0. The van der Waals surface area contributed by atoms with Crippen molar-refractivity contribution < 1.29 is 0 Å². The van der Waals surface area contributed by atoms with Crippen LogP contribution >= 0.6 is 0 Å². The van der Waals surface area contributed by atoms with Crippen LogP contribution in [-0.4, -0.2) is 0 Å². The Hall–Kier alpha value is -1.56. The van der Waals surface area contributed by atoms with Gasteiger partial charge in [0, 0.05) is 0 Å². The molecule has 0 radical (unpaired) electrons. The lowest BCUT2D eigenvalue weighted by Gasteiger charge is -2.14. The highest BCUT2D eigenvalue weighted by Crippen LogP contribution is 2.43. The van der Waals surface area contributed by atoms with Gasteiger partial charge < -0.3 is 0 Å². The summed E-state index contributed by atoms with van der Waals surface area (Å²) < 4.78 is 0. The van der Waals surface area contributed by atoms with Gasteiger partial charge in [0.2, 0.25) is 0 Å². The minimum Gasteiger partial charge on any atom is -0.0587 e. The number of fused-ring (bicyclic) bond motifs is 3. The van der Waals surface area contributed by atoms with Crippen molar-refractivity contribution in [1.29, 1.82) is 0 Å². The Kier molecular flexibility index (Phi) is 2.38. The molecule has 0 unspecified atom stereocenters. The topological polar surface area (TPSA) is 0 Å². The van der Waals surface area contributed by atoms with Gasteiger partial charge in [0.25, 0.3) is 0 Å². The maximum absolute atomic E-state index is 2.38. The molecule has 0 heterocycles. The maximum atomic E-state index is 2.38. The molecule has 0 heteroatoms. The Morgan fingerprint density at radius 3 is 2.06 bits per heavy atom. The number of aryl methyl sites for hydroxylation is 2. The van der Waals surface area contributed by atoms with E-state index in [1.54, 1.807) is 0 Å². The summed E-state index contributed by atoms with van der Waals surface area (Å²) in [6.45, 7) is 11.2. The third-order valence-corrected chi connectivity index (χ3v) is 4.69. The third kappa shape index (κ3) is 1.38. The van der Waals surface area contributed by atoms with Crippen molar-refractivity contribution in [2.24, 2.45) is 0 Å². The molecular formula is C18H20. The molecule has 0 atom stereocenters. The van der Waals surface area contributed by atoms with Crippen molar-refractivity contribution >= 4 is 0 Å². The summed E-state index contributed by atoms with van der Waals surface area (Å²) >= 11 is 0. The Balaban J connectivity index is 2.40.